The molecule has 0 saturated carbocycles. The molecule has 1 fully saturated rings. The number of nitrogens with zero attached hydrogens (tertiary/aromatic N) is 3. The molecule has 3 aromatic rings. The van der Waals surface area contributed by atoms with Crippen molar-refractivity contribution in [3.63, 3.8) is 0 Å². The molecule has 0 amide bonds. The number of nitrogens with one attached hydrogen (secondary N) is 1. The third-order valence-corrected chi connectivity index (χ3v) is 5.76. The topological polar surface area (TPSA) is 67.2 Å². The van der Waals surface area contributed by atoms with Crippen LogP contribution in [0.4, 0.5) is 5.82 Å². The fourth-order valence-electron chi connectivity index (χ4n) is 4.09. The van der Waals surface area contributed by atoms with Crippen LogP contribution in [0.3, 0.4) is 0 Å². The van der Waals surface area contributed by atoms with Crippen molar-refractivity contribution in [3.05, 3.63) is 94.0 Å². The van der Waals surface area contributed by atoms with Gasteiger partial charge in [-0.3, -0.25) is 19.1 Å². The second kappa shape index (κ2) is 10.2. The minimum absolute atomic E-state index is 0.185. The van der Waals surface area contributed by atoms with Gasteiger partial charge in [0.25, 0.3) is 5.56 Å². The zero-order valence-corrected chi connectivity index (χ0v) is 18.3. The molecule has 2 heterocycles. The van der Waals surface area contributed by atoms with Gasteiger partial charge in [0.15, 0.2) is 5.82 Å². The van der Waals surface area contributed by atoms with Crippen LogP contribution >= 0.6 is 0 Å². The Kier molecular flexibility index (Phi) is 6.92. The smallest absolute Gasteiger partial charge is 0.297 e. The lowest BCUT2D eigenvalue weighted by Gasteiger charge is -2.32. The molecule has 6 heteroatoms. The number of rotatable bonds is 7. The van der Waals surface area contributed by atoms with Gasteiger partial charge in [0.2, 0.25) is 0 Å². The van der Waals surface area contributed by atoms with Gasteiger partial charge in [-0.1, -0.05) is 42.0 Å². The molecule has 1 aliphatic heterocycles. The maximum atomic E-state index is 12.9. The Hall–Kier alpha value is -3.51. The molecule has 1 aliphatic rings. The van der Waals surface area contributed by atoms with E-state index in [0.29, 0.717) is 17.1 Å². The van der Waals surface area contributed by atoms with Gasteiger partial charge in [-0.05, 0) is 49.6 Å². The van der Waals surface area contributed by atoms with Crippen molar-refractivity contribution in [1.82, 2.24) is 14.5 Å². The lowest BCUT2D eigenvalue weighted by molar-refractivity contribution is 0.112. The Morgan fingerprint density at radius 3 is 2.47 bits per heavy atom. The number of aldehydes is 1. The molecule has 2 aromatic carbocycles. The Labute approximate surface area is 188 Å². The first-order valence-electron chi connectivity index (χ1n) is 11.0. The maximum absolute atomic E-state index is 12.9. The summed E-state index contributed by atoms with van der Waals surface area (Å²) in [5.41, 5.74) is 3.68. The average molecular weight is 429 g/mol. The number of aromatic nitrogens is 2. The summed E-state index contributed by atoms with van der Waals surface area (Å²) in [6, 6.07) is 17.5. The van der Waals surface area contributed by atoms with Crippen molar-refractivity contribution >= 4 is 18.2 Å². The van der Waals surface area contributed by atoms with Crippen LogP contribution in [0.1, 0.15) is 35.7 Å². The Morgan fingerprint density at radius 1 is 1.06 bits per heavy atom. The standard InChI is InChI=1S/C26H28N4O2/c1-20(17-21-5-3-2-4-6-21)18-29-14-11-23(12-15-29)28-25-26(32)30(16-13-27-25)24-9-7-22(19-31)8-10-24/h2-10,13,16-17,19,23H,11-12,14-15,18H2,1H3,(H,27,28). The average Bonchev–Trinajstić information content (AvgIpc) is 2.82. The predicted octanol–water partition coefficient (Wildman–Crippen LogP) is 4.02. The third-order valence-electron chi connectivity index (χ3n) is 5.76. The summed E-state index contributed by atoms with van der Waals surface area (Å²) >= 11 is 0. The van der Waals surface area contributed by atoms with E-state index in [2.05, 4.69) is 52.5 Å². The molecule has 0 radical (unpaired) electrons. The van der Waals surface area contributed by atoms with Crippen LogP contribution in [-0.4, -0.2) is 46.4 Å². The van der Waals surface area contributed by atoms with Crippen molar-refractivity contribution in [2.24, 2.45) is 0 Å². The molecule has 1 N–H and O–H groups in total. The van der Waals surface area contributed by atoms with E-state index >= 15 is 0 Å². The quantitative estimate of drug-likeness (QED) is 0.576. The summed E-state index contributed by atoms with van der Waals surface area (Å²) in [6.07, 6.45) is 8.23. The predicted molar refractivity (Wildman–Crippen MR) is 128 cm³/mol. The van der Waals surface area contributed by atoms with Crippen LogP contribution < -0.4 is 10.9 Å². The first-order valence-corrected chi connectivity index (χ1v) is 11.0. The van der Waals surface area contributed by atoms with Crippen LogP contribution in [0.15, 0.2) is 77.4 Å². The summed E-state index contributed by atoms with van der Waals surface area (Å²) in [6.45, 7) is 5.09. The highest BCUT2D eigenvalue weighted by atomic mass is 16.1. The van der Waals surface area contributed by atoms with E-state index in [9.17, 15) is 9.59 Å². The van der Waals surface area contributed by atoms with Crippen LogP contribution in [0, 0.1) is 0 Å². The number of carbonyl (C=O) groups is 1. The molecule has 4 rings (SSSR count). The van der Waals surface area contributed by atoms with Crippen molar-refractivity contribution in [2.45, 2.75) is 25.8 Å². The number of piperidine rings is 1. The molecule has 0 bridgehead atoms. The zero-order valence-electron chi connectivity index (χ0n) is 18.3. The van der Waals surface area contributed by atoms with Crippen LogP contribution in [0.25, 0.3) is 11.8 Å². The van der Waals surface area contributed by atoms with Gasteiger partial charge in [-0.25, -0.2) is 4.98 Å². The summed E-state index contributed by atoms with van der Waals surface area (Å²) in [5.74, 6) is 0.366. The van der Waals surface area contributed by atoms with Crippen molar-refractivity contribution in [3.8, 4) is 5.69 Å². The van der Waals surface area contributed by atoms with E-state index in [4.69, 9.17) is 0 Å². The molecule has 0 unspecified atom stereocenters. The van der Waals surface area contributed by atoms with E-state index in [-0.39, 0.29) is 11.6 Å². The number of carbonyl (C=O) groups excluding carboxylic acids is 1. The molecular formula is C26H28N4O2. The van der Waals surface area contributed by atoms with Gasteiger partial charge in [-0.2, -0.15) is 0 Å². The van der Waals surface area contributed by atoms with Gasteiger partial charge in [0, 0.05) is 49.3 Å². The van der Waals surface area contributed by atoms with Gasteiger partial charge in [0.1, 0.15) is 6.29 Å². The first kappa shape index (κ1) is 21.7. The third kappa shape index (κ3) is 5.39. The number of likely N-dealkylation sites (tertiary alicyclic amines) is 1. The second-order valence-electron chi connectivity index (χ2n) is 8.26. The number of anilines is 1. The molecule has 164 valence electrons. The van der Waals surface area contributed by atoms with E-state index in [1.807, 2.05) is 6.07 Å². The SMILES string of the molecule is CC(=Cc1ccccc1)CN1CCC(Nc2nccn(-c3ccc(C=O)cc3)c2=O)CC1. The molecule has 1 saturated heterocycles. The number of hydrogen-bond acceptors (Lipinski definition) is 5. The highest BCUT2D eigenvalue weighted by Gasteiger charge is 2.20. The van der Waals surface area contributed by atoms with E-state index in [1.165, 1.54) is 11.1 Å². The minimum Gasteiger partial charge on any atom is -0.363 e. The van der Waals surface area contributed by atoms with Crippen LogP contribution in [-0.2, 0) is 0 Å². The Bertz CT molecular complexity index is 1130. The molecule has 32 heavy (non-hydrogen) atoms. The van der Waals surface area contributed by atoms with E-state index in [1.54, 1.807) is 41.2 Å². The summed E-state index contributed by atoms with van der Waals surface area (Å²) in [7, 11) is 0. The van der Waals surface area contributed by atoms with Crippen molar-refractivity contribution < 1.29 is 4.79 Å². The number of benzene rings is 2. The summed E-state index contributed by atoms with van der Waals surface area (Å²) in [5, 5.41) is 3.35. The highest BCUT2D eigenvalue weighted by Crippen LogP contribution is 2.16. The van der Waals surface area contributed by atoms with Gasteiger partial charge >= 0.3 is 0 Å². The Balaban J connectivity index is 1.35. The normalized spacial score (nSPS) is 15.5. The molecule has 0 aliphatic carbocycles. The fourth-order valence-corrected chi connectivity index (χ4v) is 4.09. The lowest BCUT2D eigenvalue weighted by atomic mass is 10.0. The van der Waals surface area contributed by atoms with E-state index in [0.717, 1.165) is 38.8 Å². The summed E-state index contributed by atoms with van der Waals surface area (Å²) < 4.78 is 1.55. The second-order valence-corrected chi connectivity index (χ2v) is 8.26. The first-order chi connectivity index (χ1) is 15.6. The summed E-state index contributed by atoms with van der Waals surface area (Å²) in [4.78, 5) is 30.5. The molecule has 6 nitrogen and oxygen atoms in total. The minimum atomic E-state index is -0.185. The van der Waals surface area contributed by atoms with Crippen molar-refractivity contribution in [2.75, 3.05) is 25.0 Å². The number of hydrogen-bond donors (Lipinski definition) is 1. The van der Waals surface area contributed by atoms with Crippen LogP contribution in [0.5, 0.6) is 0 Å². The van der Waals surface area contributed by atoms with Gasteiger partial charge in [0.05, 0.1) is 0 Å². The lowest BCUT2D eigenvalue weighted by Crippen LogP contribution is -2.41. The molecular weight excluding hydrogens is 400 g/mol. The zero-order chi connectivity index (χ0) is 22.3. The molecule has 0 spiro atoms. The van der Waals surface area contributed by atoms with Crippen LogP contribution in [0.2, 0.25) is 0 Å². The fraction of sp³-hybridized carbons (Fsp3) is 0.269. The van der Waals surface area contributed by atoms with Gasteiger partial charge in [-0.15, -0.1) is 0 Å². The monoisotopic (exact) mass is 428 g/mol. The largest absolute Gasteiger partial charge is 0.363 e. The maximum Gasteiger partial charge on any atom is 0.297 e. The molecule has 1 aromatic heterocycles. The van der Waals surface area contributed by atoms with E-state index < -0.39 is 0 Å². The molecule has 0 atom stereocenters. The Morgan fingerprint density at radius 2 is 1.78 bits per heavy atom. The highest BCUT2D eigenvalue weighted by molar-refractivity contribution is 5.75. The van der Waals surface area contributed by atoms with Gasteiger partial charge < -0.3 is 5.32 Å². The van der Waals surface area contributed by atoms with Crippen molar-refractivity contribution in [1.29, 1.82) is 0 Å².